The van der Waals surface area contributed by atoms with E-state index in [0.717, 1.165) is 12.1 Å². The summed E-state index contributed by atoms with van der Waals surface area (Å²) >= 11 is 0. The van der Waals surface area contributed by atoms with Crippen molar-refractivity contribution in [2.75, 3.05) is 10.6 Å². The second kappa shape index (κ2) is 9.07. The zero-order valence-corrected chi connectivity index (χ0v) is 15.7. The molecule has 0 radical (unpaired) electrons. The number of nitrogens with one attached hydrogen (secondary N) is 3. The average molecular weight is 389 g/mol. The molecule has 0 saturated heterocycles. The number of benzene rings is 2. The molecular formula is C20H21F2N3O3. The lowest BCUT2D eigenvalue weighted by Crippen LogP contribution is -2.47. The van der Waals surface area contributed by atoms with E-state index in [1.165, 1.54) is 37.3 Å². The second-order valence-corrected chi connectivity index (χ2v) is 6.54. The lowest BCUT2D eigenvalue weighted by molar-refractivity contribution is -0.119. The number of halogens is 2. The van der Waals surface area contributed by atoms with Crippen molar-refractivity contribution in [1.29, 1.82) is 0 Å². The van der Waals surface area contributed by atoms with Gasteiger partial charge in [-0.25, -0.2) is 8.78 Å². The summed E-state index contributed by atoms with van der Waals surface area (Å²) in [5.41, 5.74) is -0.0393. The second-order valence-electron chi connectivity index (χ2n) is 6.54. The Kier molecular flexibility index (Phi) is 6.81. The summed E-state index contributed by atoms with van der Waals surface area (Å²) in [5.74, 6) is -3.53. The molecule has 0 bridgehead atoms. The predicted octanol–water partition coefficient (Wildman–Crippen LogP) is 3.32. The van der Waals surface area contributed by atoms with E-state index in [9.17, 15) is 23.2 Å². The first-order valence-corrected chi connectivity index (χ1v) is 8.62. The standard InChI is InChI=1S/C20H21F2N3O3/c1-11(2)18(25-19(27)14-6-4-5-7-15(14)21)20(28)24-17-10-13(23-12(3)26)8-9-16(17)22/h4-11,18H,1-3H3,(H,23,26)(H,24,28)(H,25,27). The van der Waals surface area contributed by atoms with Crippen molar-refractivity contribution in [2.45, 2.75) is 26.8 Å². The Bertz CT molecular complexity index is 900. The van der Waals surface area contributed by atoms with Gasteiger partial charge in [0, 0.05) is 12.6 Å². The van der Waals surface area contributed by atoms with Crippen LogP contribution in [0.25, 0.3) is 0 Å². The van der Waals surface area contributed by atoms with E-state index >= 15 is 0 Å². The van der Waals surface area contributed by atoms with Crippen LogP contribution in [-0.4, -0.2) is 23.8 Å². The van der Waals surface area contributed by atoms with Gasteiger partial charge in [-0.2, -0.15) is 0 Å². The van der Waals surface area contributed by atoms with Crippen molar-refractivity contribution in [3.05, 3.63) is 59.7 Å². The third-order valence-electron chi connectivity index (χ3n) is 3.90. The van der Waals surface area contributed by atoms with Crippen molar-refractivity contribution < 1.29 is 23.2 Å². The number of anilines is 2. The van der Waals surface area contributed by atoms with Crippen LogP contribution in [0.15, 0.2) is 42.5 Å². The number of rotatable bonds is 6. The first kappa shape index (κ1) is 21.0. The first-order chi connectivity index (χ1) is 13.2. The van der Waals surface area contributed by atoms with Gasteiger partial charge in [0.1, 0.15) is 17.7 Å². The fourth-order valence-corrected chi connectivity index (χ4v) is 2.51. The van der Waals surface area contributed by atoms with Crippen molar-refractivity contribution >= 4 is 29.1 Å². The molecule has 0 aliphatic rings. The molecule has 0 aromatic heterocycles. The van der Waals surface area contributed by atoms with Crippen LogP contribution in [0, 0.1) is 17.6 Å². The van der Waals surface area contributed by atoms with Gasteiger partial charge in [-0.3, -0.25) is 14.4 Å². The molecule has 0 saturated carbocycles. The Morgan fingerprint density at radius 1 is 0.929 bits per heavy atom. The molecule has 3 N–H and O–H groups in total. The molecule has 2 aromatic carbocycles. The third-order valence-corrected chi connectivity index (χ3v) is 3.90. The van der Waals surface area contributed by atoms with E-state index < -0.39 is 29.5 Å². The number of hydrogen-bond donors (Lipinski definition) is 3. The smallest absolute Gasteiger partial charge is 0.254 e. The number of amides is 3. The number of hydrogen-bond acceptors (Lipinski definition) is 3. The van der Waals surface area contributed by atoms with Crippen LogP contribution in [-0.2, 0) is 9.59 Å². The molecule has 0 heterocycles. The van der Waals surface area contributed by atoms with Crippen LogP contribution < -0.4 is 16.0 Å². The van der Waals surface area contributed by atoms with Crippen LogP contribution in [0.1, 0.15) is 31.1 Å². The van der Waals surface area contributed by atoms with E-state index in [1.54, 1.807) is 13.8 Å². The van der Waals surface area contributed by atoms with Crippen LogP contribution >= 0.6 is 0 Å². The molecule has 6 nitrogen and oxygen atoms in total. The molecule has 2 aromatic rings. The summed E-state index contributed by atoms with van der Waals surface area (Å²) in [4.78, 5) is 36.1. The van der Waals surface area contributed by atoms with Crippen molar-refractivity contribution in [1.82, 2.24) is 5.32 Å². The molecule has 148 valence electrons. The minimum atomic E-state index is -1.03. The molecular weight excluding hydrogens is 368 g/mol. The highest BCUT2D eigenvalue weighted by atomic mass is 19.1. The Hall–Kier alpha value is -3.29. The maximum absolute atomic E-state index is 14.0. The zero-order chi connectivity index (χ0) is 20.8. The molecule has 8 heteroatoms. The molecule has 0 aliphatic heterocycles. The quantitative estimate of drug-likeness (QED) is 0.708. The first-order valence-electron chi connectivity index (χ1n) is 8.62. The fourth-order valence-electron chi connectivity index (χ4n) is 2.51. The lowest BCUT2D eigenvalue weighted by atomic mass is 10.0. The molecule has 1 unspecified atom stereocenters. The topological polar surface area (TPSA) is 87.3 Å². The van der Waals surface area contributed by atoms with Gasteiger partial charge in [-0.1, -0.05) is 26.0 Å². The van der Waals surface area contributed by atoms with Gasteiger partial charge in [-0.15, -0.1) is 0 Å². The zero-order valence-electron chi connectivity index (χ0n) is 15.7. The molecule has 2 rings (SSSR count). The number of carbonyl (C=O) groups excluding carboxylic acids is 3. The van der Waals surface area contributed by atoms with Gasteiger partial charge in [0.25, 0.3) is 5.91 Å². The largest absolute Gasteiger partial charge is 0.340 e. The summed E-state index contributed by atoms with van der Waals surface area (Å²) in [5, 5.41) is 7.37. The molecule has 3 amide bonds. The Labute approximate surface area is 161 Å². The van der Waals surface area contributed by atoms with Crippen LogP contribution in [0.5, 0.6) is 0 Å². The lowest BCUT2D eigenvalue weighted by Gasteiger charge is -2.22. The highest BCUT2D eigenvalue weighted by molar-refractivity contribution is 6.01. The summed E-state index contributed by atoms with van der Waals surface area (Å²) < 4.78 is 27.8. The maximum atomic E-state index is 14.0. The van der Waals surface area contributed by atoms with Gasteiger partial charge < -0.3 is 16.0 Å². The molecule has 1 atom stereocenters. The van der Waals surface area contributed by atoms with Crippen LogP contribution in [0.3, 0.4) is 0 Å². The molecule has 0 fully saturated rings. The predicted molar refractivity (Wildman–Crippen MR) is 102 cm³/mol. The highest BCUT2D eigenvalue weighted by Crippen LogP contribution is 2.20. The highest BCUT2D eigenvalue weighted by Gasteiger charge is 2.26. The Morgan fingerprint density at radius 3 is 2.21 bits per heavy atom. The molecule has 28 heavy (non-hydrogen) atoms. The summed E-state index contributed by atoms with van der Waals surface area (Å²) in [6.45, 7) is 4.68. The van der Waals surface area contributed by atoms with E-state index in [1.807, 2.05) is 0 Å². The van der Waals surface area contributed by atoms with Crippen molar-refractivity contribution in [2.24, 2.45) is 5.92 Å². The van der Waals surface area contributed by atoms with Gasteiger partial charge in [0.05, 0.1) is 11.3 Å². The summed E-state index contributed by atoms with van der Waals surface area (Å²) in [7, 11) is 0. The SMILES string of the molecule is CC(=O)Nc1ccc(F)c(NC(=O)C(NC(=O)c2ccccc2F)C(C)C)c1. The average Bonchev–Trinajstić information content (AvgIpc) is 2.61. The minimum Gasteiger partial charge on any atom is -0.340 e. The Morgan fingerprint density at radius 2 is 1.61 bits per heavy atom. The fraction of sp³-hybridized carbons (Fsp3) is 0.250. The minimum absolute atomic E-state index is 0.151. The molecule has 0 aliphatic carbocycles. The van der Waals surface area contributed by atoms with E-state index in [2.05, 4.69) is 16.0 Å². The Balaban J connectivity index is 2.18. The third kappa shape index (κ3) is 5.35. The summed E-state index contributed by atoms with van der Waals surface area (Å²) in [6, 6.07) is 8.09. The van der Waals surface area contributed by atoms with Gasteiger partial charge >= 0.3 is 0 Å². The molecule has 0 spiro atoms. The van der Waals surface area contributed by atoms with Crippen LogP contribution in [0.2, 0.25) is 0 Å². The van der Waals surface area contributed by atoms with Crippen molar-refractivity contribution in [3.63, 3.8) is 0 Å². The van der Waals surface area contributed by atoms with Crippen LogP contribution in [0.4, 0.5) is 20.2 Å². The van der Waals surface area contributed by atoms with Gasteiger partial charge in [-0.05, 0) is 36.2 Å². The van der Waals surface area contributed by atoms with E-state index in [4.69, 9.17) is 0 Å². The van der Waals surface area contributed by atoms with E-state index in [-0.39, 0.29) is 23.1 Å². The van der Waals surface area contributed by atoms with E-state index in [0.29, 0.717) is 5.69 Å². The van der Waals surface area contributed by atoms with Gasteiger partial charge in [0.2, 0.25) is 11.8 Å². The monoisotopic (exact) mass is 389 g/mol. The summed E-state index contributed by atoms with van der Waals surface area (Å²) in [6.07, 6.45) is 0. The van der Waals surface area contributed by atoms with Crippen molar-refractivity contribution in [3.8, 4) is 0 Å². The normalized spacial score (nSPS) is 11.6. The maximum Gasteiger partial charge on any atom is 0.254 e. The van der Waals surface area contributed by atoms with Gasteiger partial charge in [0.15, 0.2) is 0 Å². The number of carbonyl (C=O) groups is 3.